The topological polar surface area (TPSA) is 44.0 Å². The van der Waals surface area contributed by atoms with Crippen molar-refractivity contribution < 1.29 is 5.11 Å². The van der Waals surface area contributed by atoms with E-state index in [4.69, 9.17) is 28.5 Å². The molecule has 0 saturated heterocycles. The molecule has 0 amide bonds. The van der Waals surface area contributed by atoms with E-state index in [9.17, 15) is 5.11 Å². The van der Waals surface area contributed by atoms with Gasteiger partial charge in [0.2, 0.25) is 0 Å². The number of aliphatic hydroxyl groups is 1. The minimum absolute atomic E-state index is 0.199. The zero-order chi connectivity index (χ0) is 10.7. The number of nitriles is 1. The smallest absolute Gasteiger partial charge is 0.109 e. The molecule has 1 unspecified atom stereocenters. The maximum Gasteiger partial charge on any atom is 0.109 e. The molecule has 0 aliphatic heterocycles. The molecule has 1 aromatic rings. The van der Waals surface area contributed by atoms with Crippen LogP contribution in [0.1, 0.15) is 17.2 Å². The van der Waals surface area contributed by atoms with Gasteiger partial charge in [-0.15, -0.1) is 0 Å². The summed E-state index contributed by atoms with van der Waals surface area (Å²) in [5, 5.41) is 20.0. The number of hydrogen-bond donors (Lipinski definition) is 1. The molecule has 0 spiro atoms. The van der Waals surface area contributed by atoms with E-state index in [1.165, 1.54) is 12.1 Å². The maximum atomic E-state index is 9.46. The van der Waals surface area contributed by atoms with Crippen LogP contribution >= 0.6 is 35.4 Å². The van der Waals surface area contributed by atoms with Gasteiger partial charge in [-0.3, -0.25) is 0 Å². The Hall–Kier alpha value is -0.660. The van der Waals surface area contributed by atoms with Crippen LogP contribution in [0.25, 0.3) is 0 Å². The number of hydrogen-bond acceptors (Lipinski definition) is 3. The molecule has 14 heavy (non-hydrogen) atoms. The molecule has 0 fully saturated rings. The second-order valence-electron chi connectivity index (χ2n) is 2.54. The lowest BCUT2D eigenvalue weighted by molar-refractivity contribution is 0.254. The Balaban J connectivity index is 3.41. The van der Waals surface area contributed by atoms with E-state index in [0.29, 0.717) is 10.6 Å². The fourth-order valence-corrected chi connectivity index (χ4v) is 1.72. The van der Waals surface area contributed by atoms with Crippen LogP contribution in [0.5, 0.6) is 0 Å². The summed E-state index contributed by atoms with van der Waals surface area (Å²) < 4.78 is 0. The van der Waals surface area contributed by atoms with Crippen molar-refractivity contribution in [2.75, 3.05) is 0 Å². The highest BCUT2D eigenvalue weighted by molar-refractivity contribution is 7.79. The van der Waals surface area contributed by atoms with Crippen LogP contribution in [0.4, 0.5) is 0 Å². The Bertz CT molecular complexity index is 414. The van der Waals surface area contributed by atoms with Crippen molar-refractivity contribution in [3.05, 3.63) is 33.3 Å². The van der Waals surface area contributed by atoms with Gasteiger partial charge >= 0.3 is 0 Å². The molecule has 1 aromatic carbocycles. The van der Waals surface area contributed by atoms with Crippen LogP contribution in [0, 0.1) is 11.3 Å². The van der Waals surface area contributed by atoms with Gasteiger partial charge in [0, 0.05) is 16.0 Å². The van der Waals surface area contributed by atoms with E-state index in [2.05, 4.69) is 12.2 Å². The Labute approximate surface area is 96.7 Å². The third-order valence-corrected chi connectivity index (χ3v) is 2.42. The highest BCUT2D eigenvalue weighted by atomic mass is 35.5. The summed E-state index contributed by atoms with van der Waals surface area (Å²) >= 11 is 16.1. The van der Waals surface area contributed by atoms with E-state index in [-0.39, 0.29) is 10.6 Å². The van der Waals surface area contributed by atoms with Gasteiger partial charge in [0.1, 0.15) is 12.2 Å². The number of benzene rings is 1. The van der Waals surface area contributed by atoms with Crippen molar-refractivity contribution in [3.8, 4) is 6.07 Å². The van der Waals surface area contributed by atoms with Gasteiger partial charge in [-0.2, -0.15) is 5.26 Å². The molecule has 0 radical (unpaired) electrons. The summed E-state index contributed by atoms with van der Waals surface area (Å²) in [6, 6.07) is 4.81. The van der Waals surface area contributed by atoms with Gasteiger partial charge in [-0.05, 0) is 12.1 Å². The minimum Gasteiger partial charge on any atom is -0.383 e. The van der Waals surface area contributed by atoms with E-state index in [1.807, 2.05) is 6.07 Å². The second kappa shape index (κ2) is 4.72. The van der Waals surface area contributed by atoms with Crippen molar-refractivity contribution in [2.45, 2.75) is 6.10 Å². The summed E-state index contributed by atoms with van der Waals surface area (Å²) in [6.07, 6.45) is -1.00. The predicted octanol–water partition coefficient (Wildman–Crippen LogP) is 2.90. The molecule has 72 valence electrons. The highest BCUT2D eigenvalue weighted by Gasteiger charge is 2.14. The van der Waals surface area contributed by atoms with Gasteiger partial charge < -0.3 is 5.11 Å². The Morgan fingerprint density at radius 3 is 2.64 bits per heavy atom. The fourth-order valence-electron chi connectivity index (χ4n) is 1.02. The van der Waals surface area contributed by atoms with Crippen molar-refractivity contribution in [2.24, 2.45) is 0 Å². The molecule has 5 heteroatoms. The molecule has 1 rings (SSSR count). The zero-order valence-corrected chi connectivity index (χ0v) is 9.20. The molecule has 0 aromatic heterocycles. The molecular weight excluding hydrogens is 241 g/mol. The Kier molecular flexibility index (Phi) is 3.85. The number of halogens is 2. The van der Waals surface area contributed by atoms with Crippen molar-refractivity contribution in [3.63, 3.8) is 0 Å². The van der Waals surface area contributed by atoms with Crippen LogP contribution < -0.4 is 0 Å². The van der Waals surface area contributed by atoms with Gasteiger partial charge in [0.05, 0.1) is 10.6 Å². The molecule has 0 bridgehead atoms. The first-order valence-corrected chi connectivity index (χ1v) is 4.85. The third kappa shape index (κ3) is 2.23. The van der Waals surface area contributed by atoms with Crippen LogP contribution in [0.2, 0.25) is 10.0 Å². The zero-order valence-electron chi connectivity index (χ0n) is 6.87. The molecule has 0 heterocycles. The number of thiocarbonyl (C=S) groups is 1. The van der Waals surface area contributed by atoms with E-state index >= 15 is 0 Å². The average Bonchev–Trinajstić information content (AvgIpc) is 2.15. The van der Waals surface area contributed by atoms with Gasteiger partial charge in [-0.25, -0.2) is 0 Å². The van der Waals surface area contributed by atoms with Crippen molar-refractivity contribution in [1.82, 2.24) is 0 Å². The molecular formula is C9H5Cl2NOS. The van der Waals surface area contributed by atoms with Crippen LogP contribution in [-0.4, -0.2) is 10.5 Å². The lowest BCUT2D eigenvalue weighted by Crippen LogP contribution is -2.01. The molecule has 1 N–H and O–H groups in total. The van der Waals surface area contributed by atoms with Crippen LogP contribution in [0.15, 0.2) is 12.1 Å². The highest BCUT2D eigenvalue weighted by Crippen LogP contribution is 2.28. The lowest BCUT2D eigenvalue weighted by atomic mass is 10.0. The molecule has 2 nitrogen and oxygen atoms in total. The first-order valence-electron chi connectivity index (χ1n) is 3.62. The minimum atomic E-state index is -1.00. The summed E-state index contributed by atoms with van der Waals surface area (Å²) in [6.45, 7) is 0. The van der Waals surface area contributed by atoms with Crippen molar-refractivity contribution >= 4 is 40.8 Å². The second-order valence-corrected chi connectivity index (χ2v) is 3.66. The van der Waals surface area contributed by atoms with Crippen LogP contribution in [-0.2, 0) is 0 Å². The summed E-state index contributed by atoms with van der Waals surface area (Å²) in [5.41, 5.74) is 0.532. The Morgan fingerprint density at radius 2 is 2.14 bits per heavy atom. The number of rotatable bonds is 2. The summed E-state index contributed by atoms with van der Waals surface area (Å²) in [5.74, 6) is 0. The van der Waals surface area contributed by atoms with Gasteiger partial charge in [-0.1, -0.05) is 35.4 Å². The molecule has 0 aliphatic carbocycles. The first kappa shape index (κ1) is 11.4. The van der Waals surface area contributed by atoms with E-state index < -0.39 is 6.10 Å². The SMILES string of the molecule is N#Cc1c(Cl)cc(Cl)cc1C(O)C=S. The first-order chi connectivity index (χ1) is 6.60. The Morgan fingerprint density at radius 1 is 1.50 bits per heavy atom. The molecule has 1 atom stereocenters. The summed E-state index contributed by atoms with van der Waals surface area (Å²) in [4.78, 5) is 0. The number of aliphatic hydroxyl groups excluding tert-OH is 1. The monoisotopic (exact) mass is 245 g/mol. The molecule has 0 saturated carbocycles. The largest absolute Gasteiger partial charge is 0.383 e. The van der Waals surface area contributed by atoms with E-state index in [1.54, 1.807) is 0 Å². The summed E-state index contributed by atoms with van der Waals surface area (Å²) in [7, 11) is 0. The average molecular weight is 246 g/mol. The van der Waals surface area contributed by atoms with Gasteiger partial charge in [0.25, 0.3) is 0 Å². The quantitative estimate of drug-likeness (QED) is 0.816. The fraction of sp³-hybridized carbons (Fsp3) is 0.111. The third-order valence-electron chi connectivity index (χ3n) is 1.64. The predicted molar refractivity (Wildman–Crippen MR) is 59.8 cm³/mol. The van der Waals surface area contributed by atoms with Crippen LogP contribution in [0.3, 0.4) is 0 Å². The number of nitrogens with zero attached hydrogens (tertiary/aromatic N) is 1. The van der Waals surface area contributed by atoms with Crippen molar-refractivity contribution in [1.29, 1.82) is 5.26 Å². The lowest BCUT2D eigenvalue weighted by Gasteiger charge is -2.08. The van der Waals surface area contributed by atoms with E-state index in [0.717, 1.165) is 5.37 Å². The maximum absolute atomic E-state index is 9.46. The van der Waals surface area contributed by atoms with Gasteiger partial charge in [0.15, 0.2) is 0 Å². The normalized spacial score (nSPS) is 11.9. The molecule has 0 aliphatic rings. The standard InChI is InChI=1S/C9H5Cl2NOS/c10-5-1-6(9(13)4-14)7(3-12)8(11)2-5/h1-2,4,9,13H.